The first-order chi connectivity index (χ1) is 8.56. The van der Waals surface area contributed by atoms with Gasteiger partial charge in [0.2, 0.25) is 0 Å². The summed E-state index contributed by atoms with van der Waals surface area (Å²) < 4.78 is 18.6. The van der Waals surface area contributed by atoms with Crippen molar-refractivity contribution >= 4 is 5.91 Å². The molecule has 1 saturated carbocycles. The third-order valence-electron chi connectivity index (χ3n) is 3.28. The van der Waals surface area contributed by atoms with Gasteiger partial charge in [0.05, 0.1) is 12.7 Å². The van der Waals surface area contributed by atoms with Gasteiger partial charge in [-0.05, 0) is 31.4 Å². The molecule has 0 atom stereocenters. The molecule has 2 N–H and O–H groups in total. The average Bonchev–Trinajstić information content (AvgIpc) is 2.33. The number of hydrogen-bond acceptors (Lipinski definition) is 3. The number of amides is 1. The number of aliphatic hydroxyl groups is 1. The lowest BCUT2D eigenvalue weighted by molar-refractivity contribution is -0.0301. The minimum Gasteiger partial charge on any atom is -0.496 e. The van der Waals surface area contributed by atoms with Gasteiger partial charge in [-0.3, -0.25) is 4.79 Å². The van der Waals surface area contributed by atoms with Gasteiger partial charge in [0.1, 0.15) is 17.1 Å². The van der Waals surface area contributed by atoms with Gasteiger partial charge in [-0.1, -0.05) is 6.07 Å². The summed E-state index contributed by atoms with van der Waals surface area (Å²) in [6, 6.07) is 4.20. The Morgan fingerprint density at radius 3 is 2.83 bits per heavy atom. The summed E-state index contributed by atoms with van der Waals surface area (Å²) in [6.07, 6.45) is 2.29. The molecule has 0 aliphatic heterocycles. The Labute approximate surface area is 105 Å². The van der Waals surface area contributed by atoms with Gasteiger partial charge >= 0.3 is 0 Å². The zero-order valence-corrected chi connectivity index (χ0v) is 10.2. The molecule has 98 valence electrons. The van der Waals surface area contributed by atoms with Gasteiger partial charge in [0.25, 0.3) is 5.91 Å². The van der Waals surface area contributed by atoms with Crippen LogP contribution in [-0.2, 0) is 0 Å². The van der Waals surface area contributed by atoms with Crippen molar-refractivity contribution in [2.24, 2.45) is 0 Å². The third kappa shape index (κ3) is 2.46. The van der Waals surface area contributed by atoms with Crippen molar-refractivity contribution in [3.63, 3.8) is 0 Å². The number of carbonyl (C=O) groups is 1. The normalized spacial score (nSPS) is 16.8. The smallest absolute Gasteiger partial charge is 0.258 e. The van der Waals surface area contributed by atoms with Crippen LogP contribution in [0.25, 0.3) is 0 Å². The highest BCUT2D eigenvalue weighted by molar-refractivity contribution is 5.97. The molecule has 0 spiro atoms. The van der Waals surface area contributed by atoms with Crippen LogP contribution in [0.5, 0.6) is 5.75 Å². The van der Waals surface area contributed by atoms with Crippen LogP contribution in [0.1, 0.15) is 29.6 Å². The number of nitrogens with one attached hydrogen (secondary N) is 1. The zero-order chi connectivity index (χ0) is 13.2. The fraction of sp³-hybridized carbons (Fsp3) is 0.462. The predicted molar refractivity (Wildman–Crippen MR) is 64.1 cm³/mol. The van der Waals surface area contributed by atoms with Crippen LogP contribution in [0.2, 0.25) is 0 Å². The van der Waals surface area contributed by atoms with E-state index in [4.69, 9.17) is 4.74 Å². The third-order valence-corrected chi connectivity index (χ3v) is 3.28. The van der Waals surface area contributed by atoms with Crippen molar-refractivity contribution in [1.82, 2.24) is 5.32 Å². The van der Waals surface area contributed by atoms with Crippen LogP contribution in [0, 0.1) is 5.82 Å². The molecule has 0 radical (unpaired) electrons. The van der Waals surface area contributed by atoms with Crippen LogP contribution in [0.3, 0.4) is 0 Å². The lowest BCUT2D eigenvalue weighted by Crippen LogP contribution is -2.47. The van der Waals surface area contributed by atoms with Crippen molar-refractivity contribution in [1.29, 1.82) is 0 Å². The number of ether oxygens (including phenoxy) is 1. The Bertz CT molecular complexity index is 458. The minimum absolute atomic E-state index is 0.122. The van der Waals surface area contributed by atoms with E-state index in [1.54, 1.807) is 0 Å². The second-order valence-electron chi connectivity index (χ2n) is 4.58. The zero-order valence-electron chi connectivity index (χ0n) is 10.2. The number of methoxy groups -OCH3 is 1. The summed E-state index contributed by atoms with van der Waals surface area (Å²) in [7, 11) is 1.38. The number of carbonyl (C=O) groups excluding carboxylic acids is 1. The van der Waals surface area contributed by atoms with Crippen LogP contribution in [0.4, 0.5) is 4.39 Å². The van der Waals surface area contributed by atoms with Crippen molar-refractivity contribution < 1.29 is 19.0 Å². The SMILES string of the molecule is COc1cccc(F)c1C(=O)NCC1(O)CCC1. The molecule has 5 heteroatoms. The molecule has 1 aliphatic rings. The van der Waals surface area contributed by atoms with E-state index in [1.807, 2.05) is 0 Å². The Balaban J connectivity index is 2.08. The van der Waals surface area contributed by atoms with Crippen LogP contribution < -0.4 is 10.1 Å². The standard InChI is InChI=1S/C13H16FNO3/c1-18-10-5-2-4-9(14)11(10)12(16)15-8-13(17)6-3-7-13/h2,4-5,17H,3,6-8H2,1H3,(H,15,16). The number of rotatable bonds is 4. The quantitative estimate of drug-likeness (QED) is 0.854. The molecule has 1 aromatic rings. The van der Waals surface area contributed by atoms with Gasteiger partial charge in [-0.25, -0.2) is 4.39 Å². The van der Waals surface area contributed by atoms with Crippen molar-refractivity contribution in [3.8, 4) is 5.75 Å². The van der Waals surface area contributed by atoms with Crippen molar-refractivity contribution in [2.75, 3.05) is 13.7 Å². The molecule has 1 fully saturated rings. The lowest BCUT2D eigenvalue weighted by Gasteiger charge is -2.36. The van der Waals surface area contributed by atoms with Gasteiger partial charge < -0.3 is 15.2 Å². The molecule has 0 saturated heterocycles. The molecule has 4 nitrogen and oxygen atoms in total. The van der Waals surface area contributed by atoms with E-state index in [2.05, 4.69) is 5.32 Å². The van der Waals surface area contributed by atoms with Crippen LogP contribution >= 0.6 is 0 Å². The van der Waals surface area contributed by atoms with E-state index in [-0.39, 0.29) is 17.9 Å². The second kappa shape index (κ2) is 4.94. The molecule has 18 heavy (non-hydrogen) atoms. The van der Waals surface area contributed by atoms with Gasteiger partial charge in [-0.15, -0.1) is 0 Å². The fourth-order valence-corrected chi connectivity index (χ4v) is 1.99. The molecule has 1 aliphatic carbocycles. The maximum Gasteiger partial charge on any atom is 0.258 e. The van der Waals surface area contributed by atoms with E-state index in [0.717, 1.165) is 6.42 Å². The average molecular weight is 253 g/mol. The Morgan fingerprint density at radius 2 is 2.28 bits per heavy atom. The lowest BCUT2D eigenvalue weighted by atomic mass is 9.80. The fourth-order valence-electron chi connectivity index (χ4n) is 1.99. The first-order valence-corrected chi connectivity index (χ1v) is 5.89. The van der Waals surface area contributed by atoms with Crippen LogP contribution in [-0.4, -0.2) is 30.3 Å². The first-order valence-electron chi connectivity index (χ1n) is 5.89. The molecule has 0 bridgehead atoms. The second-order valence-corrected chi connectivity index (χ2v) is 4.58. The summed E-state index contributed by atoms with van der Waals surface area (Å²) in [5.41, 5.74) is -0.948. The Morgan fingerprint density at radius 1 is 1.56 bits per heavy atom. The Kier molecular flexibility index (Phi) is 3.52. The van der Waals surface area contributed by atoms with E-state index < -0.39 is 17.3 Å². The van der Waals surface area contributed by atoms with E-state index >= 15 is 0 Å². The predicted octanol–water partition coefficient (Wildman–Crippen LogP) is 1.48. The minimum atomic E-state index is -0.825. The Hall–Kier alpha value is -1.62. The van der Waals surface area contributed by atoms with E-state index in [9.17, 15) is 14.3 Å². The maximum atomic E-state index is 13.6. The molecule has 2 rings (SSSR count). The molecule has 0 aromatic heterocycles. The summed E-state index contributed by atoms with van der Waals surface area (Å²) >= 11 is 0. The van der Waals surface area contributed by atoms with Crippen molar-refractivity contribution in [2.45, 2.75) is 24.9 Å². The van der Waals surface area contributed by atoms with Crippen molar-refractivity contribution in [3.05, 3.63) is 29.6 Å². The molecular weight excluding hydrogens is 237 g/mol. The highest BCUT2D eigenvalue weighted by atomic mass is 19.1. The van der Waals surface area contributed by atoms with E-state index in [1.165, 1.54) is 25.3 Å². The first kappa shape index (κ1) is 12.8. The molecular formula is C13H16FNO3. The molecule has 0 heterocycles. The molecule has 1 amide bonds. The number of halogens is 1. The number of hydrogen-bond donors (Lipinski definition) is 2. The monoisotopic (exact) mass is 253 g/mol. The highest BCUT2D eigenvalue weighted by Gasteiger charge is 2.35. The summed E-state index contributed by atoms with van der Waals surface area (Å²) in [6.45, 7) is 0.142. The maximum absolute atomic E-state index is 13.6. The summed E-state index contributed by atoms with van der Waals surface area (Å²) in [4.78, 5) is 11.9. The van der Waals surface area contributed by atoms with Gasteiger partial charge in [0, 0.05) is 6.54 Å². The summed E-state index contributed by atoms with van der Waals surface area (Å²) in [5.74, 6) is -1.01. The van der Waals surface area contributed by atoms with E-state index in [0.29, 0.717) is 12.8 Å². The topological polar surface area (TPSA) is 58.6 Å². The van der Waals surface area contributed by atoms with Crippen LogP contribution in [0.15, 0.2) is 18.2 Å². The van der Waals surface area contributed by atoms with Gasteiger partial charge in [0.15, 0.2) is 0 Å². The summed E-state index contributed by atoms with van der Waals surface area (Å²) in [5, 5.41) is 12.4. The highest BCUT2D eigenvalue weighted by Crippen LogP contribution is 2.31. The largest absolute Gasteiger partial charge is 0.496 e. The molecule has 1 aromatic carbocycles. The molecule has 0 unspecified atom stereocenters. The van der Waals surface area contributed by atoms with Gasteiger partial charge in [-0.2, -0.15) is 0 Å². The number of benzene rings is 1.